The molecule has 0 aromatic heterocycles. The summed E-state index contributed by atoms with van der Waals surface area (Å²) in [6, 6.07) is 7.29. The molecule has 4 amide bonds. The van der Waals surface area contributed by atoms with Crippen molar-refractivity contribution in [2.75, 3.05) is 38.7 Å². The van der Waals surface area contributed by atoms with Crippen LogP contribution in [-0.2, 0) is 20.7 Å². The van der Waals surface area contributed by atoms with Crippen molar-refractivity contribution in [3.63, 3.8) is 0 Å². The van der Waals surface area contributed by atoms with Gasteiger partial charge in [0.25, 0.3) is 0 Å². The van der Waals surface area contributed by atoms with E-state index in [9.17, 15) is 14.4 Å². The minimum Gasteiger partial charge on any atom is -0.380 e. The molecule has 3 heterocycles. The molecule has 2 saturated heterocycles. The second-order valence-electron chi connectivity index (χ2n) is 7.99. The largest absolute Gasteiger partial charge is 0.380 e. The minimum absolute atomic E-state index is 0.176. The standard InChI is InChI=1S/C21H28N4O4/c1-4-13-11-22-19-17(18(13)29-3)20(27)25(21(28)23(19)2)12-16(26)24-10-9-14-7-5-6-8-15(14)24/h5-8,13,17-19,22H,4,9-12H2,1-3H3. The number of imide groups is 1. The Morgan fingerprint density at radius 2 is 2.03 bits per heavy atom. The van der Waals surface area contributed by atoms with Gasteiger partial charge in [0.1, 0.15) is 6.54 Å². The lowest BCUT2D eigenvalue weighted by Gasteiger charge is -2.50. The Kier molecular flexibility index (Phi) is 5.31. The molecule has 156 valence electrons. The number of nitrogens with zero attached hydrogens (tertiary/aromatic N) is 3. The smallest absolute Gasteiger partial charge is 0.328 e. The van der Waals surface area contributed by atoms with Gasteiger partial charge in [0.2, 0.25) is 11.8 Å². The maximum atomic E-state index is 13.3. The van der Waals surface area contributed by atoms with Crippen LogP contribution in [-0.4, -0.2) is 73.7 Å². The van der Waals surface area contributed by atoms with Crippen LogP contribution in [0.3, 0.4) is 0 Å². The van der Waals surface area contributed by atoms with Crippen molar-refractivity contribution in [2.45, 2.75) is 32.0 Å². The van der Waals surface area contributed by atoms with Crippen molar-refractivity contribution >= 4 is 23.5 Å². The number of hydrogen-bond donors (Lipinski definition) is 1. The summed E-state index contributed by atoms with van der Waals surface area (Å²) in [6.45, 7) is 3.06. The van der Waals surface area contributed by atoms with E-state index in [4.69, 9.17) is 4.74 Å². The van der Waals surface area contributed by atoms with Gasteiger partial charge in [-0.2, -0.15) is 0 Å². The zero-order chi connectivity index (χ0) is 20.7. The number of ether oxygens (including phenoxy) is 1. The second kappa shape index (κ2) is 7.76. The Morgan fingerprint density at radius 3 is 2.76 bits per heavy atom. The van der Waals surface area contributed by atoms with Crippen LogP contribution in [0.25, 0.3) is 0 Å². The predicted octanol–water partition coefficient (Wildman–Crippen LogP) is 1.06. The molecule has 2 fully saturated rings. The third-order valence-electron chi connectivity index (χ3n) is 6.53. The first-order valence-electron chi connectivity index (χ1n) is 10.2. The van der Waals surface area contributed by atoms with Crippen LogP contribution in [0.5, 0.6) is 0 Å². The fourth-order valence-electron chi connectivity index (χ4n) is 4.90. The Hall–Kier alpha value is -2.45. The Morgan fingerprint density at radius 1 is 1.28 bits per heavy atom. The summed E-state index contributed by atoms with van der Waals surface area (Å²) in [7, 11) is 3.27. The highest BCUT2D eigenvalue weighted by Gasteiger charge is 2.53. The van der Waals surface area contributed by atoms with Crippen molar-refractivity contribution in [1.29, 1.82) is 0 Å². The van der Waals surface area contributed by atoms with E-state index in [2.05, 4.69) is 12.2 Å². The van der Waals surface area contributed by atoms with E-state index in [0.717, 1.165) is 29.0 Å². The van der Waals surface area contributed by atoms with Crippen molar-refractivity contribution in [1.82, 2.24) is 15.1 Å². The van der Waals surface area contributed by atoms with Gasteiger partial charge < -0.3 is 14.5 Å². The van der Waals surface area contributed by atoms with Crippen molar-refractivity contribution < 1.29 is 19.1 Å². The fourth-order valence-corrected chi connectivity index (χ4v) is 4.90. The number of urea groups is 1. The highest BCUT2D eigenvalue weighted by atomic mass is 16.5. The van der Waals surface area contributed by atoms with Gasteiger partial charge in [-0.05, 0) is 30.4 Å². The summed E-state index contributed by atoms with van der Waals surface area (Å²) in [5.41, 5.74) is 1.97. The highest BCUT2D eigenvalue weighted by Crippen LogP contribution is 2.33. The summed E-state index contributed by atoms with van der Waals surface area (Å²) < 4.78 is 5.70. The molecular formula is C21H28N4O4. The minimum atomic E-state index is -0.528. The van der Waals surface area contributed by atoms with E-state index in [-0.39, 0.29) is 30.4 Å². The quantitative estimate of drug-likeness (QED) is 0.817. The number of nitrogens with one attached hydrogen (secondary N) is 1. The van der Waals surface area contributed by atoms with E-state index in [1.54, 1.807) is 19.1 Å². The third kappa shape index (κ3) is 3.20. The van der Waals surface area contributed by atoms with E-state index >= 15 is 0 Å². The molecule has 4 rings (SSSR count). The molecule has 0 radical (unpaired) electrons. The SMILES string of the molecule is CCC1CNC2C(C(=O)N(CC(=O)N3CCc4ccccc43)C(=O)N2C)C1OC. The van der Waals surface area contributed by atoms with Crippen molar-refractivity contribution in [3.05, 3.63) is 29.8 Å². The average Bonchev–Trinajstić information content (AvgIpc) is 3.18. The maximum absolute atomic E-state index is 13.3. The summed E-state index contributed by atoms with van der Waals surface area (Å²) in [5, 5.41) is 3.32. The molecule has 4 atom stereocenters. The number of hydrogen-bond acceptors (Lipinski definition) is 5. The van der Waals surface area contributed by atoms with Crippen LogP contribution >= 0.6 is 0 Å². The molecule has 8 nitrogen and oxygen atoms in total. The van der Waals surface area contributed by atoms with E-state index in [1.807, 2.05) is 24.3 Å². The number of para-hydroxylation sites is 1. The van der Waals surface area contributed by atoms with E-state index in [1.165, 1.54) is 4.90 Å². The number of carbonyl (C=O) groups is 3. The first kappa shape index (κ1) is 19.8. The van der Waals surface area contributed by atoms with E-state index in [0.29, 0.717) is 13.1 Å². The number of amides is 4. The van der Waals surface area contributed by atoms with Gasteiger partial charge in [-0.3, -0.25) is 19.8 Å². The van der Waals surface area contributed by atoms with Gasteiger partial charge in [0, 0.05) is 32.9 Å². The Balaban J connectivity index is 1.57. The molecule has 29 heavy (non-hydrogen) atoms. The molecule has 8 heteroatoms. The number of benzene rings is 1. The summed E-state index contributed by atoms with van der Waals surface area (Å²) in [6.07, 6.45) is 0.937. The lowest BCUT2D eigenvalue weighted by molar-refractivity contribution is -0.155. The van der Waals surface area contributed by atoms with Gasteiger partial charge in [0.05, 0.1) is 18.2 Å². The topological polar surface area (TPSA) is 82.2 Å². The lowest BCUT2D eigenvalue weighted by Crippen LogP contribution is -2.71. The second-order valence-corrected chi connectivity index (χ2v) is 7.99. The summed E-state index contributed by atoms with van der Waals surface area (Å²) in [5.74, 6) is -0.931. The van der Waals surface area contributed by atoms with Crippen LogP contribution in [0, 0.1) is 11.8 Å². The van der Waals surface area contributed by atoms with Crippen LogP contribution < -0.4 is 10.2 Å². The number of anilines is 1. The van der Waals surface area contributed by atoms with Gasteiger partial charge in [0.15, 0.2) is 0 Å². The first-order valence-corrected chi connectivity index (χ1v) is 10.2. The zero-order valence-electron chi connectivity index (χ0n) is 17.1. The van der Waals surface area contributed by atoms with Gasteiger partial charge in [-0.15, -0.1) is 0 Å². The molecule has 1 aromatic rings. The first-order chi connectivity index (χ1) is 14.0. The Labute approximate surface area is 170 Å². The Bertz CT molecular complexity index is 829. The number of carbonyl (C=O) groups excluding carboxylic acids is 3. The van der Waals surface area contributed by atoms with Crippen LogP contribution in [0.1, 0.15) is 18.9 Å². The predicted molar refractivity (Wildman–Crippen MR) is 107 cm³/mol. The van der Waals surface area contributed by atoms with Crippen molar-refractivity contribution in [2.24, 2.45) is 11.8 Å². The number of methoxy groups -OCH3 is 1. The third-order valence-corrected chi connectivity index (χ3v) is 6.53. The fraction of sp³-hybridized carbons (Fsp3) is 0.571. The van der Waals surface area contributed by atoms with Crippen molar-refractivity contribution in [3.8, 4) is 0 Å². The molecule has 0 bridgehead atoms. The van der Waals surface area contributed by atoms with E-state index < -0.39 is 18.1 Å². The molecule has 0 aliphatic carbocycles. The van der Waals surface area contributed by atoms with Crippen LogP contribution in [0.2, 0.25) is 0 Å². The summed E-state index contributed by atoms with van der Waals surface area (Å²) >= 11 is 0. The molecule has 3 aliphatic rings. The van der Waals surface area contributed by atoms with Crippen LogP contribution in [0.15, 0.2) is 24.3 Å². The molecule has 1 aromatic carbocycles. The molecule has 4 unspecified atom stereocenters. The molecule has 3 aliphatic heterocycles. The maximum Gasteiger partial charge on any atom is 0.328 e. The average molecular weight is 400 g/mol. The lowest BCUT2D eigenvalue weighted by atomic mass is 9.81. The molecular weight excluding hydrogens is 372 g/mol. The molecule has 0 saturated carbocycles. The van der Waals surface area contributed by atoms with Gasteiger partial charge in [-0.1, -0.05) is 25.1 Å². The number of rotatable bonds is 4. The normalized spacial score (nSPS) is 29.1. The van der Waals surface area contributed by atoms with Gasteiger partial charge in [-0.25, -0.2) is 4.79 Å². The monoisotopic (exact) mass is 400 g/mol. The molecule has 0 spiro atoms. The van der Waals surface area contributed by atoms with Crippen LogP contribution in [0.4, 0.5) is 10.5 Å². The highest BCUT2D eigenvalue weighted by molar-refractivity contribution is 6.05. The zero-order valence-corrected chi connectivity index (χ0v) is 17.1. The number of fused-ring (bicyclic) bond motifs is 2. The molecule has 1 N–H and O–H groups in total. The van der Waals surface area contributed by atoms with Gasteiger partial charge >= 0.3 is 6.03 Å². The summed E-state index contributed by atoms with van der Waals surface area (Å²) in [4.78, 5) is 43.5. The number of piperidine rings is 1.